The molecule has 1 aliphatic rings. The first-order chi connectivity index (χ1) is 12.8. The lowest BCUT2D eigenvalue weighted by molar-refractivity contribution is -0.119. The van der Waals surface area contributed by atoms with Gasteiger partial charge in [0.1, 0.15) is 11.0 Å². The van der Waals surface area contributed by atoms with Crippen molar-refractivity contribution in [1.29, 1.82) is 0 Å². The third-order valence-corrected chi connectivity index (χ3v) is 5.02. The molecule has 8 nitrogen and oxygen atoms in total. The number of anilines is 1. The highest BCUT2D eigenvalue weighted by atomic mass is 35.5. The predicted octanol–water partition coefficient (Wildman–Crippen LogP) is 1.99. The highest BCUT2D eigenvalue weighted by Crippen LogP contribution is 2.24. The van der Waals surface area contributed by atoms with Crippen molar-refractivity contribution in [3.05, 3.63) is 11.2 Å². The van der Waals surface area contributed by atoms with E-state index in [-0.39, 0.29) is 29.8 Å². The van der Waals surface area contributed by atoms with Crippen molar-refractivity contribution in [3.63, 3.8) is 0 Å². The predicted molar refractivity (Wildman–Crippen MR) is 108 cm³/mol. The van der Waals surface area contributed by atoms with Crippen molar-refractivity contribution < 1.29 is 9.59 Å². The molecule has 1 aromatic rings. The number of thioether (sulfide) groups is 1. The van der Waals surface area contributed by atoms with Crippen LogP contribution in [0.3, 0.4) is 0 Å². The van der Waals surface area contributed by atoms with Crippen molar-refractivity contribution in [2.75, 3.05) is 36.8 Å². The lowest BCUT2D eigenvalue weighted by Crippen LogP contribution is -2.56. The summed E-state index contributed by atoms with van der Waals surface area (Å²) in [4.78, 5) is 36.6. The quantitative estimate of drug-likeness (QED) is 0.420. The first-order valence-electron chi connectivity index (χ1n) is 9.06. The van der Waals surface area contributed by atoms with Crippen molar-refractivity contribution in [2.45, 2.75) is 44.9 Å². The van der Waals surface area contributed by atoms with Gasteiger partial charge in [-0.15, -0.1) is 0 Å². The van der Waals surface area contributed by atoms with Crippen LogP contribution in [0.5, 0.6) is 0 Å². The number of halogens is 1. The van der Waals surface area contributed by atoms with Gasteiger partial charge in [0.25, 0.3) is 0 Å². The van der Waals surface area contributed by atoms with Crippen molar-refractivity contribution in [2.24, 2.45) is 0 Å². The van der Waals surface area contributed by atoms with Crippen LogP contribution in [-0.2, 0) is 4.79 Å². The highest BCUT2D eigenvalue weighted by molar-refractivity contribution is 7.99. The number of amides is 3. The number of nitrogens with one attached hydrogen (secondary N) is 2. The first-order valence-corrected chi connectivity index (χ1v) is 10.4. The first kappa shape index (κ1) is 21.6. The van der Waals surface area contributed by atoms with Crippen molar-refractivity contribution in [3.8, 4) is 0 Å². The molecule has 0 bridgehead atoms. The molecule has 0 saturated carbocycles. The average Bonchev–Trinajstić information content (AvgIpc) is 2.59. The van der Waals surface area contributed by atoms with Gasteiger partial charge < -0.3 is 20.4 Å². The largest absolute Gasteiger partial charge is 0.353 e. The van der Waals surface area contributed by atoms with Crippen LogP contribution in [0.4, 0.5) is 10.6 Å². The van der Waals surface area contributed by atoms with Crippen LogP contribution in [0.15, 0.2) is 11.2 Å². The Morgan fingerprint density at radius 2 is 2.11 bits per heavy atom. The molecular weight excluding hydrogens is 388 g/mol. The van der Waals surface area contributed by atoms with Crippen molar-refractivity contribution >= 4 is 41.1 Å². The summed E-state index contributed by atoms with van der Waals surface area (Å²) in [5, 5.41) is 6.48. The molecule has 150 valence electrons. The van der Waals surface area contributed by atoms with Gasteiger partial charge in [-0.3, -0.25) is 4.79 Å². The van der Waals surface area contributed by atoms with Gasteiger partial charge in [0, 0.05) is 44.3 Å². The van der Waals surface area contributed by atoms with Crippen LogP contribution in [0.25, 0.3) is 0 Å². The van der Waals surface area contributed by atoms with Gasteiger partial charge in [0.15, 0.2) is 5.16 Å². The molecule has 3 amide bonds. The molecule has 1 atom stereocenters. The Morgan fingerprint density at radius 3 is 2.74 bits per heavy atom. The smallest absolute Gasteiger partial charge is 0.317 e. The van der Waals surface area contributed by atoms with E-state index < -0.39 is 0 Å². The van der Waals surface area contributed by atoms with Crippen LogP contribution in [0.1, 0.15) is 27.7 Å². The van der Waals surface area contributed by atoms with Crippen LogP contribution < -0.4 is 15.5 Å². The van der Waals surface area contributed by atoms with Gasteiger partial charge in [-0.05, 0) is 27.7 Å². The van der Waals surface area contributed by atoms with E-state index in [4.69, 9.17) is 11.6 Å². The van der Waals surface area contributed by atoms with Crippen LogP contribution in [0, 0.1) is 0 Å². The summed E-state index contributed by atoms with van der Waals surface area (Å²) in [7, 11) is 0. The Labute approximate surface area is 169 Å². The third-order valence-electron chi connectivity index (χ3n) is 3.98. The molecule has 2 rings (SSSR count). The minimum absolute atomic E-state index is 0.0437. The number of hydrogen-bond donors (Lipinski definition) is 2. The zero-order valence-corrected chi connectivity index (χ0v) is 17.7. The zero-order chi connectivity index (χ0) is 20.0. The Bertz CT molecular complexity index is 675. The summed E-state index contributed by atoms with van der Waals surface area (Å²) in [5.74, 6) is 0.882. The summed E-state index contributed by atoms with van der Waals surface area (Å²) < 4.78 is 0. The Hall–Kier alpha value is -1.74. The molecule has 10 heteroatoms. The second kappa shape index (κ2) is 9.98. The Kier molecular flexibility index (Phi) is 7.97. The minimum atomic E-state index is -0.0655. The fourth-order valence-corrected chi connectivity index (χ4v) is 3.72. The number of piperazine rings is 1. The molecule has 1 saturated heterocycles. The number of aromatic nitrogens is 2. The third kappa shape index (κ3) is 6.42. The lowest BCUT2D eigenvalue weighted by Gasteiger charge is -2.40. The SMILES string of the molecule is CCNC(=O)N1CCN(c2cc(Cl)nc(SCC(=O)NC(C)C)n2)CC1C. The van der Waals surface area contributed by atoms with E-state index in [9.17, 15) is 9.59 Å². The summed E-state index contributed by atoms with van der Waals surface area (Å²) >= 11 is 7.42. The number of urea groups is 1. The zero-order valence-electron chi connectivity index (χ0n) is 16.2. The van der Waals surface area contributed by atoms with Gasteiger partial charge in [-0.1, -0.05) is 23.4 Å². The van der Waals surface area contributed by atoms with Gasteiger partial charge in [0.05, 0.1) is 5.75 Å². The molecule has 1 fully saturated rings. The topological polar surface area (TPSA) is 90.5 Å². The molecular formula is C17H27ClN6O2S. The Balaban J connectivity index is 2.01. The molecule has 0 aromatic carbocycles. The summed E-state index contributed by atoms with van der Waals surface area (Å²) in [6, 6.07) is 1.82. The Morgan fingerprint density at radius 1 is 1.37 bits per heavy atom. The molecule has 0 spiro atoms. The monoisotopic (exact) mass is 414 g/mol. The number of hydrogen-bond acceptors (Lipinski definition) is 6. The normalized spacial score (nSPS) is 17.2. The van der Waals surface area contributed by atoms with Crippen molar-refractivity contribution in [1.82, 2.24) is 25.5 Å². The van der Waals surface area contributed by atoms with Gasteiger partial charge in [-0.25, -0.2) is 14.8 Å². The molecule has 2 N–H and O–H groups in total. The van der Waals surface area contributed by atoms with E-state index in [2.05, 4.69) is 25.5 Å². The van der Waals surface area contributed by atoms with Gasteiger partial charge in [0.2, 0.25) is 5.91 Å². The second-order valence-electron chi connectivity index (χ2n) is 6.67. The van der Waals surface area contributed by atoms with Crippen LogP contribution in [-0.4, -0.2) is 70.8 Å². The standard InChI is InChI=1S/C17H27ClN6O2S/c1-5-19-17(26)24-7-6-23(9-12(24)4)14-8-13(18)21-16(22-14)27-10-15(25)20-11(2)3/h8,11-12H,5-7,9-10H2,1-4H3,(H,19,26)(H,20,25). The second-order valence-corrected chi connectivity index (χ2v) is 8.00. The number of nitrogens with zero attached hydrogens (tertiary/aromatic N) is 4. The maximum atomic E-state index is 12.1. The van der Waals surface area contributed by atoms with Crippen LogP contribution >= 0.6 is 23.4 Å². The average molecular weight is 415 g/mol. The van der Waals surface area contributed by atoms with Gasteiger partial charge in [-0.2, -0.15) is 0 Å². The molecule has 2 heterocycles. The minimum Gasteiger partial charge on any atom is -0.353 e. The van der Waals surface area contributed by atoms with E-state index in [0.29, 0.717) is 42.3 Å². The molecule has 1 aromatic heterocycles. The lowest BCUT2D eigenvalue weighted by atomic mass is 10.2. The van der Waals surface area contributed by atoms with E-state index in [1.807, 2.05) is 32.6 Å². The number of carbonyl (C=O) groups is 2. The van der Waals surface area contributed by atoms with Crippen LogP contribution in [0.2, 0.25) is 5.15 Å². The number of carbonyl (C=O) groups excluding carboxylic acids is 2. The molecule has 1 aliphatic heterocycles. The molecule has 0 aliphatic carbocycles. The number of rotatable bonds is 6. The molecule has 27 heavy (non-hydrogen) atoms. The summed E-state index contributed by atoms with van der Waals surface area (Å²) in [6.07, 6.45) is 0. The summed E-state index contributed by atoms with van der Waals surface area (Å²) in [5.41, 5.74) is 0. The maximum Gasteiger partial charge on any atom is 0.317 e. The summed E-state index contributed by atoms with van der Waals surface area (Å²) in [6.45, 7) is 10.3. The molecule has 1 unspecified atom stereocenters. The van der Waals surface area contributed by atoms with E-state index in [1.54, 1.807) is 6.07 Å². The molecule has 0 radical (unpaired) electrons. The van der Waals surface area contributed by atoms with E-state index in [0.717, 1.165) is 0 Å². The highest BCUT2D eigenvalue weighted by Gasteiger charge is 2.28. The fourth-order valence-electron chi connectivity index (χ4n) is 2.83. The maximum absolute atomic E-state index is 12.1. The fraction of sp³-hybridized carbons (Fsp3) is 0.647. The van der Waals surface area contributed by atoms with E-state index in [1.165, 1.54) is 11.8 Å². The van der Waals surface area contributed by atoms with Gasteiger partial charge >= 0.3 is 6.03 Å². The van der Waals surface area contributed by atoms with E-state index >= 15 is 0 Å².